The van der Waals surface area contributed by atoms with Crippen LogP contribution in [0.1, 0.15) is 24.8 Å². The van der Waals surface area contributed by atoms with Gasteiger partial charge in [0, 0.05) is 24.8 Å². The molecule has 0 aromatic heterocycles. The van der Waals surface area contributed by atoms with Gasteiger partial charge >= 0.3 is 17.9 Å². The molecule has 0 aromatic carbocycles. The van der Waals surface area contributed by atoms with Gasteiger partial charge in [0.1, 0.15) is 6.10 Å². The molecule has 0 amide bonds. The quantitative estimate of drug-likeness (QED) is 0.414. The molecule has 1 rings (SSSR count). The van der Waals surface area contributed by atoms with E-state index in [1.54, 1.807) is 0 Å². The highest BCUT2D eigenvalue weighted by Gasteiger charge is 2.50. The summed E-state index contributed by atoms with van der Waals surface area (Å²) in [6.45, 7) is -2.75. The molecule has 1 aliphatic rings. The molecule has 0 aromatic rings. The van der Waals surface area contributed by atoms with Crippen molar-refractivity contribution in [2.75, 3.05) is 6.61 Å². The van der Waals surface area contributed by atoms with Gasteiger partial charge in [-0.05, 0) is 0 Å². The third-order valence-electron chi connectivity index (χ3n) is 2.56. The molecule has 1 unspecified atom stereocenters. The molecule has 1 fully saturated rings. The molecular weight excluding hydrogens is 352 g/mol. The summed E-state index contributed by atoms with van der Waals surface area (Å²) in [5, 5.41) is 8.37. The van der Waals surface area contributed by atoms with Crippen LogP contribution >= 0.6 is 15.9 Å². The monoisotopic (exact) mass is 371 g/mol. The van der Waals surface area contributed by atoms with Gasteiger partial charge in [-0.1, -0.05) is 15.9 Å². The van der Waals surface area contributed by atoms with E-state index < -0.39 is 74.6 Å². The lowest BCUT2D eigenvalue weighted by Crippen LogP contribution is -2.60. The minimum Gasteiger partial charge on any atom is -0.456 e. The van der Waals surface area contributed by atoms with Crippen molar-refractivity contribution in [1.29, 1.82) is 0 Å². The van der Waals surface area contributed by atoms with Gasteiger partial charge in [0.2, 0.25) is 0 Å². The van der Waals surface area contributed by atoms with Crippen LogP contribution in [0, 0.1) is 0 Å². The first kappa shape index (κ1) is 13.5. The molecule has 0 bridgehead atoms. The average Bonchev–Trinajstić information content (AvgIpc) is 2.58. The van der Waals surface area contributed by atoms with Crippen LogP contribution in [-0.4, -0.2) is 59.1 Å². The van der Waals surface area contributed by atoms with E-state index in [4.69, 9.17) is 23.1 Å². The number of ether oxygens (including phenoxy) is 4. The van der Waals surface area contributed by atoms with Gasteiger partial charge in [-0.3, -0.25) is 14.4 Å². The van der Waals surface area contributed by atoms with E-state index in [0.29, 0.717) is 0 Å². The zero-order valence-corrected chi connectivity index (χ0v) is 12.5. The SMILES string of the molecule is [2H]CC(=O)O[C@H]1[C@H](OC(=O)C[2H])[C@@H](OC(=O)C[2H])C(Br)O[C@@H]1CO. The largest absolute Gasteiger partial charge is 0.456 e. The second kappa shape index (κ2) is 7.71. The Morgan fingerprint density at radius 2 is 1.52 bits per heavy atom. The standard InChI is InChI=1S/C12H17BrO8/c1-5(15)18-9-8(4-14)21-12(13)11(20-7(3)17)10(9)19-6(2)16/h8-12,14H,4H2,1-3H3/t8-,9-,10+,11-,12?/m1/s1/i1D,2D,3D. The fourth-order valence-corrected chi connectivity index (χ4v) is 2.56. The maximum absolute atomic E-state index is 11.5. The molecule has 1 saturated heterocycles. The predicted molar refractivity (Wildman–Crippen MR) is 71.3 cm³/mol. The lowest BCUT2D eigenvalue weighted by molar-refractivity contribution is -0.235. The van der Waals surface area contributed by atoms with Crippen LogP contribution in [0.5, 0.6) is 0 Å². The van der Waals surface area contributed by atoms with E-state index >= 15 is 0 Å². The van der Waals surface area contributed by atoms with Crippen LogP contribution < -0.4 is 0 Å². The number of aliphatic hydroxyl groups is 1. The molecule has 120 valence electrons. The van der Waals surface area contributed by atoms with Gasteiger partial charge in [-0.15, -0.1) is 0 Å². The first-order chi connectivity index (χ1) is 11.4. The predicted octanol–water partition coefficient (Wildman–Crippen LogP) is -0.106. The normalized spacial score (nSPS) is 34.0. The van der Waals surface area contributed by atoms with Crippen LogP contribution in [0.15, 0.2) is 0 Å². The smallest absolute Gasteiger partial charge is 0.303 e. The Balaban J connectivity index is 3.11. The van der Waals surface area contributed by atoms with Crippen molar-refractivity contribution in [2.45, 2.75) is 50.1 Å². The van der Waals surface area contributed by atoms with Crippen LogP contribution in [0.3, 0.4) is 0 Å². The maximum atomic E-state index is 11.5. The van der Waals surface area contributed by atoms with Gasteiger partial charge in [-0.25, -0.2) is 0 Å². The molecule has 0 spiro atoms. The maximum Gasteiger partial charge on any atom is 0.303 e. The Labute approximate surface area is 134 Å². The van der Waals surface area contributed by atoms with Crippen molar-refractivity contribution < 1.29 is 42.5 Å². The van der Waals surface area contributed by atoms with Crippen molar-refractivity contribution in [3.8, 4) is 0 Å². The van der Waals surface area contributed by atoms with Gasteiger partial charge in [0.25, 0.3) is 0 Å². The summed E-state index contributed by atoms with van der Waals surface area (Å²) >= 11 is 3.07. The topological polar surface area (TPSA) is 108 Å². The van der Waals surface area contributed by atoms with E-state index in [0.717, 1.165) is 0 Å². The molecule has 1 N–H and O–H groups in total. The minimum atomic E-state index is -1.37. The molecule has 9 heteroatoms. The molecule has 21 heavy (non-hydrogen) atoms. The zero-order chi connectivity index (χ0) is 18.3. The lowest BCUT2D eigenvalue weighted by atomic mass is 9.99. The molecule has 0 radical (unpaired) electrons. The summed E-state index contributed by atoms with van der Waals surface area (Å²) in [5.74, 6) is -2.88. The fraction of sp³-hybridized carbons (Fsp3) is 0.750. The van der Waals surface area contributed by atoms with Crippen LogP contribution in [0.2, 0.25) is 0 Å². The Kier molecular flexibility index (Phi) is 4.95. The van der Waals surface area contributed by atoms with Crippen LogP contribution in [0.4, 0.5) is 0 Å². The molecule has 8 nitrogen and oxygen atoms in total. The van der Waals surface area contributed by atoms with Gasteiger partial charge in [0.15, 0.2) is 23.3 Å². The zero-order valence-electron chi connectivity index (χ0n) is 13.9. The first-order valence-electron chi connectivity index (χ1n) is 7.86. The summed E-state index contributed by atoms with van der Waals surface area (Å²) in [6.07, 6.45) is -5.10. The highest BCUT2D eigenvalue weighted by Crippen LogP contribution is 2.31. The molecule has 1 aliphatic heterocycles. The number of alkyl halides is 1. The third-order valence-corrected chi connectivity index (χ3v) is 3.30. The number of esters is 3. The summed E-state index contributed by atoms with van der Waals surface area (Å²) in [7, 11) is 0. The summed E-state index contributed by atoms with van der Waals surface area (Å²) < 4.78 is 41.4. The van der Waals surface area contributed by atoms with E-state index in [1.165, 1.54) is 0 Å². The molecule has 0 saturated carbocycles. The van der Waals surface area contributed by atoms with Crippen molar-refractivity contribution >= 4 is 33.8 Å². The lowest BCUT2D eigenvalue weighted by Gasteiger charge is -2.42. The first-order valence-corrected chi connectivity index (χ1v) is 6.66. The minimum absolute atomic E-state index is 0.605. The number of hydrogen-bond acceptors (Lipinski definition) is 8. The number of rotatable bonds is 4. The second-order valence-corrected chi connectivity index (χ2v) is 4.97. The highest BCUT2D eigenvalue weighted by molar-refractivity contribution is 9.09. The number of aliphatic hydroxyl groups excluding tert-OH is 1. The summed E-state index contributed by atoms with van der Waals surface area (Å²) in [4.78, 5) is 34.3. The Hall–Kier alpha value is -1.19. The van der Waals surface area contributed by atoms with Crippen molar-refractivity contribution in [3.05, 3.63) is 0 Å². The van der Waals surface area contributed by atoms with E-state index in [-0.39, 0.29) is 0 Å². The number of halogens is 1. The van der Waals surface area contributed by atoms with Crippen LogP contribution in [0.25, 0.3) is 0 Å². The third kappa shape index (κ3) is 4.94. The molecule has 0 aliphatic carbocycles. The van der Waals surface area contributed by atoms with E-state index in [2.05, 4.69) is 15.9 Å². The van der Waals surface area contributed by atoms with E-state index in [1.807, 2.05) is 0 Å². The number of carbonyl (C=O) groups is 3. The fourth-order valence-electron chi connectivity index (χ4n) is 1.87. The van der Waals surface area contributed by atoms with Crippen molar-refractivity contribution in [1.82, 2.24) is 0 Å². The Morgan fingerprint density at radius 1 is 1.05 bits per heavy atom. The number of hydrogen-bond donors (Lipinski definition) is 1. The van der Waals surface area contributed by atoms with Gasteiger partial charge in [-0.2, -0.15) is 0 Å². The molecule has 5 atom stereocenters. The average molecular weight is 372 g/mol. The van der Waals surface area contributed by atoms with Crippen molar-refractivity contribution in [2.24, 2.45) is 0 Å². The molecule has 1 heterocycles. The second-order valence-electron chi connectivity index (χ2n) is 4.07. The van der Waals surface area contributed by atoms with Gasteiger partial charge in [0.05, 0.1) is 6.61 Å². The number of carbonyl (C=O) groups excluding carboxylic acids is 3. The van der Waals surface area contributed by atoms with Crippen molar-refractivity contribution in [3.63, 3.8) is 0 Å². The molecular formula is C12H17BrO8. The Morgan fingerprint density at radius 3 is 2.00 bits per heavy atom. The van der Waals surface area contributed by atoms with Crippen LogP contribution in [-0.2, 0) is 33.3 Å². The van der Waals surface area contributed by atoms with E-state index in [9.17, 15) is 19.5 Å². The summed E-state index contributed by atoms with van der Waals surface area (Å²) in [5.41, 5.74) is 0. The summed E-state index contributed by atoms with van der Waals surface area (Å²) in [6, 6.07) is 0. The van der Waals surface area contributed by atoms with Gasteiger partial charge < -0.3 is 24.1 Å². The highest BCUT2D eigenvalue weighted by atomic mass is 79.9. The Bertz CT molecular complexity index is 466.